The number of nitrogens with zero attached hydrogens (tertiary/aromatic N) is 2. The highest BCUT2D eigenvalue weighted by molar-refractivity contribution is 7.79. The summed E-state index contributed by atoms with van der Waals surface area (Å²) in [5, 5.41) is 5.01. The van der Waals surface area contributed by atoms with Crippen LogP contribution in [-0.4, -0.2) is 9.78 Å². The minimum absolute atomic E-state index is 0.0848. The molecule has 94 valence electrons. The van der Waals surface area contributed by atoms with Crippen molar-refractivity contribution < 1.29 is 0 Å². The van der Waals surface area contributed by atoms with E-state index in [1.807, 2.05) is 32.0 Å². The van der Waals surface area contributed by atoms with Crippen molar-refractivity contribution >= 4 is 24.2 Å². The van der Waals surface area contributed by atoms with Crippen LogP contribution in [-0.2, 0) is 5.75 Å². The van der Waals surface area contributed by atoms with E-state index in [0.29, 0.717) is 16.5 Å². The topological polar surface area (TPSA) is 34.9 Å². The first-order valence-electron chi connectivity index (χ1n) is 5.51. The van der Waals surface area contributed by atoms with E-state index in [2.05, 4.69) is 17.7 Å². The Bertz CT molecular complexity index is 652. The minimum atomic E-state index is -0.0848. The first kappa shape index (κ1) is 13.2. The lowest BCUT2D eigenvalue weighted by atomic mass is 10.2. The van der Waals surface area contributed by atoms with Crippen LogP contribution in [0.5, 0.6) is 0 Å². The number of hydrogen-bond donors (Lipinski definition) is 1. The smallest absolute Gasteiger partial charge is 0.204 e. The maximum Gasteiger partial charge on any atom is 0.204 e. The molecule has 0 aliphatic heterocycles. The van der Waals surface area contributed by atoms with E-state index in [4.69, 9.17) is 11.6 Å². The monoisotopic (exact) mass is 280 g/mol. The molecule has 3 nitrogen and oxygen atoms in total. The Hall–Kier alpha value is -1.26. The van der Waals surface area contributed by atoms with Gasteiger partial charge in [0.2, 0.25) is 5.43 Å². The van der Waals surface area contributed by atoms with Gasteiger partial charge >= 0.3 is 0 Å². The molecule has 1 aromatic carbocycles. The molecule has 0 bridgehead atoms. The average Bonchev–Trinajstić information content (AvgIpc) is 2.34. The molecule has 5 heteroatoms. The number of aryl methyl sites for hydroxylation is 1. The van der Waals surface area contributed by atoms with Crippen molar-refractivity contribution in [1.82, 2.24) is 9.78 Å². The van der Waals surface area contributed by atoms with Crippen LogP contribution in [0.15, 0.2) is 29.1 Å². The Morgan fingerprint density at radius 2 is 2.11 bits per heavy atom. The summed E-state index contributed by atoms with van der Waals surface area (Å²) in [5.41, 5.74) is 2.93. The van der Waals surface area contributed by atoms with Crippen molar-refractivity contribution in [2.75, 3.05) is 0 Å². The standard InChI is InChI=1S/C13H13ClN2OS/c1-8-6-13(17)11(7-18)15-16(8)12-5-3-4-10(14)9(12)2/h3-6,18H,7H2,1-2H3. The number of thiol groups is 1. The van der Waals surface area contributed by atoms with E-state index in [-0.39, 0.29) is 5.43 Å². The fourth-order valence-corrected chi connectivity index (χ4v) is 2.15. The highest BCUT2D eigenvalue weighted by atomic mass is 35.5. The molecule has 2 rings (SSSR count). The van der Waals surface area contributed by atoms with Gasteiger partial charge in [-0.15, -0.1) is 0 Å². The highest BCUT2D eigenvalue weighted by Gasteiger charge is 2.09. The van der Waals surface area contributed by atoms with Crippen molar-refractivity contribution in [2.24, 2.45) is 0 Å². The Balaban J connectivity index is 2.71. The second-order valence-electron chi connectivity index (χ2n) is 4.05. The zero-order valence-electron chi connectivity index (χ0n) is 10.1. The molecule has 0 saturated carbocycles. The lowest BCUT2D eigenvalue weighted by Crippen LogP contribution is -2.18. The number of halogens is 1. The predicted molar refractivity (Wildman–Crippen MR) is 77.0 cm³/mol. The predicted octanol–water partition coefficient (Wildman–Crippen LogP) is 2.93. The SMILES string of the molecule is Cc1c(Cl)cccc1-n1nc(CS)c(=O)cc1C. The Kier molecular flexibility index (Phi) is 3.78. The maximum atomic E-state index is 11.7. The van der Waals surface area contributed by atoms with Crippen molar-refractivity contribution in [3.05, 3.63) is 56.5 Å². The summed E-state index contributed by atoms with van der Waals surface area (Å²) in [6.07, 6.45) is 0. The summed E-state index contributed by atoms with van der Waals surface area (Å²) in [7, 11) is 0. The molecule has 0 spiro atoms. The van der Waals surface area contributed by atoms with Crippen LogP contribution in [0.3, 0.4) is 0 Å². The summed E-state index contributed by atoms with van der Waals surface area (Å²) in [6.45, 7) is 3.77. The number of benzene rings is 1. The van der Waals surface area contributed by atoms with Gasteiger partial charge in [-0.1, -0.05) is 17.7 Å². The summed E-state index contributed by atoms with van der Waals surface area (Å²) in [6, 6.07) is 7.19. The van der Waals surface area contributed by atoms with E-state index in [0.717, 1.165) is 16.9 Å². The average molecular weight is 281 g/mol. The summed E-state index contributed by atoms with van der Waals surface area (Å²) < 4.78 is 1.73. The third-order valence-electron chi connectivity index (χ3n) is 2.80. The molecule has 0 radical (unpaired) electrons. The fraction of sp³-hybridized carbons (Fsp3) is 0.231. The normalized spacial score (nSPS) is 10.7. The lowest BCUT2D eigenvalue weighted by molar-refractivity contribution is 0.769. The fourth-order valence-electron chi connectivity index (χ4n) is 1.76. The molecular weight excluding hydrogens is 268 g/mol. The van der Waals surface area contributed by atoms with Gasteiger partial charge in [0.15, 0.2) is 0 Å². The maximum absolute atomic E-state index is 11.7. The third-order valence-corrected chi connectivity index (χ3v) is 3.51. The first-order valence-corrected chi connectivity index (χ1v) is 6.52. The largest absolute Gasteiger partial charge is 0.288 e. The molecule has 0 atom stereocenters. The van der Waals surface area contributed by atoms with E-state index in [1.54, 1.807) is 10.7 Å². The van der Waals surface area contributed by atoms with Crippen LogP contribution in [0.4, 0.5) is 0 Å². The van der Waals surface area contributed by atoms with Gasteiger partial charge in [0.25, 0.3) is 0 Å². The summed E-state index contributed by atoms with van der Waals surface area (Å²) >= 11 is 10.2. The van der Waals surface area contributed by atoms with E-state index in [9.17, 15) is 4.79 Å². The number of hydrogen-bond acceptors (Lipinski definition) is 3. The van der Waals surface area contributed by atoms with Gasteiger partial charge in [-0.3, -0.25) is 4.79 Å². The zero-order chi connectivity index (χ0) is 13.3. The third kappa shape index (κ3) is 2.31. The molecule has 0 saturated heterocycles. The van der Waals surface area contributed by atoms with Crippen LogP contribution in [0.25, 0.3) is 5.69 Å². The molecule has 0 fully saturated rings. The molecule has 0 aliphatic rings. The molecular formula is C13H13ClN2OS. The molecule has 1 aromatic heterocycles. The van der Waals surface area contributed by atoms with Crippen molar-refractivity contribution in [2.45, 2.75) is 19.6 Å². The lowest BCUT2D eigenvalue weighted by Gasteiger charge is -2.13. The molecule has 0 unspecified atom stereocenters. The van der Waals surface area contributed by atoms with Gasteiger partial charge in [0, 0.05) is 22.5 Å². The minimum Gasteiger partial charge on any atom is -0.288 e. The van der Waals surface area contributed by atoms with Crippen LogP contribution in [0.2, 0.25) is 5.02 Å². The second kappa shape index (κ2) is 5.16. The van der Waals surface area contributed by atoms with Gasteiger partial charge in [-0.2, -0.15) is 17.7 Å². The zero-order valence-corrected chi connectivity index (χ0v) is 11.8. The van der Waals surface area contributed by atoms with Gasteiger partial charge in [-0.25, -0.2) is 4.68 Å². The summed E-state index contributed by atoms with van der Waals surface area (Å²) in [5.74, 6) is 0.318. The molecule has 2 aromatic rings. The Labute approximate surface area is 116 Å². The van der Waals surface area contributed by atoms with Crippen LogP contribution in [0, 0.1) is 13.8 Å². The second-order valence-corrected chi connectivity index (χ2v) is 4.77. The van der Waals surface area contributed by atoms with Gasteiger partial charge in [0.1, 0.15) is 5.69 Å². The first-order chi connectivity index (χ1) is 8.54. The molecule has 0 N–H and O–H groups in total. The molecule has 18 heavy (non-hydrogen) atoms. The van der Waals surface area contributed by atoms with E-state index < -0.39 is 0 Å². The van der Waals surface area contributed by atoms with Crippen LogP contribution in [0.1, 0.15) is 17.0 Å². The van der Waals surface area contributed by atoms with Crippen molar-refractivity contribution in [3.63, 3.8) is 0 Å². The van der Waals surface area contributed by atoms with Crippen molar-refractivity contribution in [3.8, 4) is 5.69 Å². The van der Waals surface area contributed by atoms with E-state index in [1.165, 1.54) is 0 Å². The van der Waals surface area contributed by atoms with E-state index >= 15 is 0 Å². The van der Waals surface area contributed by atoms with Crippen molar-refractivity contribution in [1.29, 1.82) is 0 Å². The van der Waals surface area contributed by atoms with Crippen LogP contribution < -0.4 is 5.43 Å². The molecule has 0 amide bonds. The quantitative estimate of drug-likeness (QED) is 0.859. The molecule has 1 heterocycles. The van der Waals surface area contributed by atoms with Crippen LogP contribution >= 0.6 is 24.2 Å². The van der Waals surface area contributed by atoms with Gasteiger partial charge < -0.3 is 0 Å². The van der Waals surface area contributed by atoms with Gasteiger partial charge in [-0.05, 0) is 31.5 Å². The Morgan fingerprint density at radius 1 is 1.39 bits per heavy atom. The van der Waals surface area contributed by atoms with Gasteiger partial charge in [0.05, 0.1) is 5.69 Å². The number of rotatable bonds is 2. The summed E-state index contributed by atoms with van der Waals surface area (Å²) in [4.78, 5) is 11.7. The highest BCUT2D eigenvalue weighted by Crippen LogP contribution is 2.22. The number of aromatic nitrogens is 2. The Morgan fingerprint density at radius 3 is 2.78 bits per heavy atom. The molecule has 0 aliphatic carbocycles.